The summed E-state index contributed by atoms with van der Waals surface area (Å²) in [5, 5.41) is 10.5. The van der Waals surface area contributed by atoms with Crippen molar-refractivity contribution in [1.29, 1.82) is 0 Å². The van der Waals surface area contributed by atoms with Crippen molar-refractivity contribution in [2.24, 2.45) is 0 Å². The highest BCUT2D eigenvalue weighted by atomic mass is 16.5. The maximum Gasteiger partial charge on any atom is 0.257 e. The minimum Gasteiger partial charge on any atom is -0.481 e. The monoisotopic (exact) mass is 316 g/mol. The van der Waals surface area contributed by atoms with E-state index in [1.807, 2.05) is 67.6 Å². The average molecular weight is 316 g/mol. The van der Waals surface area contributed by atoms with E-state index in [0.717, 1.165) is 16.7 Å². The largest absolute Gasteiger partial charge is 0.481 e. The first-order valence-corrected chi connectivity index (χ1v) is 7.84. The van der Waals surface area contributed by atoms with Gasteiger partial charge in [-0.3, -0.25) is 0 Å². The highest BCUT2D eigenvalue weighted by Gasteiger charge is 2.16. The Balaban J connectivity index is 1.55. The number of fused-ring (bicyclic) bond motifs is 1. The summed E-state index contributed by atoms with van der Waals surface area (Å²) in [5.41, 5.74) is 0.897. The second-order valence-electron chi connectivity index (χ2n) is 5.58. The topological polar surface area (TPSA) is 48.2 Å². The Bertz CT molecular complexity index is 963. The number of hydrogen-bond donors (Lipinski definition) is 0. The molecule has 24 heavy (non-hydrogen) atoms. The van der Waals surface area contributed by atoms with Crippen LogP contribution in [0.3, 0.4) is 0 Å². The molecule has 4 nitrogen and oxygen atoms in total. The molecule has 0 amide bonds. The maximum atomic E-state index is 5.96. The third-order valence-electron chi connectivity index (χ3n) is 3.84. The van der Waals surface area contributed by atoms with Gasteiger partial charge in [-0.05, 0) is 42.0 Å². The molecule has 0 saturated carbocycles. The first-order valence-electron chi connectivity index (χ1n) is 7.84. The minimum atomic E-state index is -0.323. The Morgan fingerprint density at radius 1 is 0.833 bits per heavy atom. The molecule has 0 aliphatic carbocycles. The van der Waals surface area contributed by atoms with E-state index < -0.39 is 0 Å². The molecule has 1 unspecified atom stereocenters. The highest BCUT2D eigenvalue weighted by molar-refractivity contribution is 5.83. The lowest BCUT2D eigenvalue weighted by Crippen LogP contribution is -2.03. The van der Waals surface area contributed by atoms with E-state index >= 15 is 0 Å². The van der Waals surface area contributed by atoms with Crippen molar-refractivity contribution in [1.82, 2.24) is 10.2 Å². The van der Waals surface area contributed by atoms with Crippen molar-refractivity contribution in [3.05, 3.63) is 78.7 Å². The van der Waals surface area contributed by atoms with Crippen molar-refractivity contribution in [2.75, 3.05) is 0 Å². The molecule has 1 atom stereocenters. The minimum absolute atomic E-state index is 0.323. The van der Waals surface area contributed by atoms with E-state index in [2.05, 4.69) is 22.3 Å². The van der Waals surface area contributed by atoms with E-state index in [9.17, 15) is 0 Å². The summed E-state index contributed by atoms with van der Waals surface area (Å²) in [6, 6.07) is 23.9. The second kappa shape index (κ2) is 6.16. The van der Waals surface area contributed by atoms with Crippen LogP contribution in [-0.4, -0.2) is 10.2 Å². The molecule has 1 heterocycles. The van der Waals surface area contributed by atoms with E-state index in [4.69, 9.17) is 9.15 Å². The average Bonchev–Trinajstić information content (AvgIpc) is 3.13. The van der Waals surface area contributed by atoms with Crippen molar-refractivity contribution >= 4 is 10.8 Å². The van der Waals surface area contributed by atoms with E-state index in [1.54, 1.807) is 0 Å². The van der Waals surface area contributed by atoms with Gasteiger partial charge in [-0.15, -0.1) is 10.2 Å². The van der Waals surface area contributed by atoms with Gasteiger partial charge < -0.3 is 9.15 Å². The van der Waals surface area contributed by atoms with Crippen molar-refractivity contribution in [3.63, 3.8) is 0 Å². The molecule has 0 fully saturated rings. The fraction of sp³-hybridized carbons (Fsp3) is 0.100. The molecular formula is C20H16N2O2. The van der Waals surface area contributed by atoms with Gasteiger partial charge in [0.2, 0.25) is 5.89 Å². The van der Waals surface area contributed by atoms with Gasteiger partial charge >= 0.3 is 0 Å². The summed E-state index contributed by atoms with van der Waals surface area (Å²) in [7, 11) is 0. The molecule has 0 aliphatic rings. The van der Waals surface area contributed by atoms with Crippen LogP contribution in [0.1, 0.15) is 18.9 Å². The van der Waals surface area contributed by atoms with Crippen LogP contribution in [0.4, 0.5) is 0 Å². The summed E-state index contributed by atoms with van der Waals surface area (Å²) in [6.07, 6.45) is -0.323. The standard InChI is InChI=1S/C20H16N2O2/c1-14(19-21-22-20(24-19)16-8-3-2-4-9-16)23-18-12-11-15-7-5-6-10-17(15)13-18/h2-14H,1H3. The van der Waals surface area contributed by atoms with Gasteiger partial charge in [0.1, 0.15) is 5.75 Å². The molecule has 4 heteroatoms. The van der Waals surface area contributed by atoms with Crippen LogP contribution in [0.2, 0.25) is 0 Å². The van der Waals surface area contributed by atoms with Gasteiger partial charge in [0.15, 0.2) is 6.10 Å². The SMILES string of the molecule is CC(Oc1ccc2ccccc2c1)c1nnc(-c2ccccc2)o1. The van der Waals surface area contributed by atoms with Gasteiger partial charge in [-0.1, -0.05) is 48.5 Å². The van der Waals surface area contributed by atoms with Crippen molar-refractivity contribution < 1.29 is 9.15 Å². The zero-order valence-corrected chi connectivity index (χ0v) is 13.2. The summed E-state index contributed by atoms with van der Waals surface area (Å²) in [5.74, 6) is 1.74. The normalized spacial score (nSPS) is 12.2. The van der Waals surface area contributed by atoms with Crippen LogP contribution in [0, 0.1) is 0 Å². The fourth-order valence-corrected chi connectivity index (χ4v) is 2.59. The smallest absolute Gasteiger partial charge is 0.257 e. The lowest BCUT2D eigenvalue weighted by molar-refractivity contribution is 0.190. The van der Waals surface area contributed by atoms with Crippen LogP contribution >= 0.6 is 0 Å². The number of aromatic nitrogens is 2. The van der Waals surface area contributed by atoms with Crippen molar-refractivity contribution in [2.45, 2.75) is 13.0 Å². The molecule has 4 rings (SSSR count). The zero-order chi connectivity index (χ0) is 16.4. The Hall–Kier alpha value is -3.14. The van der Waals surface area contributed by atoms with Crippen LogP contribution < -0.4 is 4.74 Å². The van der Waals surface area contributed by atoms with E-state index in [1.165, 1.54) is 5.39 Å². The molecule has 118 valence electrons. The van der Waals surface area contributed by atoms with Crippen molar-refractivity contribution in [3.8, 4) is 17.2 Å². The first-order chi connectivity index (χ1) is 11.8. The van der Waals surface area contributed by atoms with Gasteiger partial charge in [0.05, 0.1) is 0 Å². The molecule has 0 aliphatic heterocycles. The summed E-state index contributed by atoms with van der Waals surface area (Å²) < 4.78 is 11.7. The van der Waals surface area contributed by atoms with Gasteiger partial charge in [-0.2, -0.15) is 0 Å². The summed E-state index contributed by atoms with van der Waals surface area (Å²) >= 11 is 0. The lowest BCUT2D eigenvalue weighted by atomic mass is 10.1. The van der Waals surface area contributed by atoms with E-state index in [0.29, 0.717) is 11.8 Å². The van der Waals surface area contributed by atoms with E-state index in [-0.39, 0.29) is 6.10 Å². The van der Waals surface area contributed by atoms with Gasteiger partial charge in [-0.25, -0.2) is 0 Å². The molecule has 0 spiro atoms. The zero-order valence-electron chi connectivity index (χ0n) is 13.2. The van der Waals surface area contributed by atoms with Gasteiger partial charge in [0, 0.05) is 5.56 Å². The molecular weight excluding hydrogens is 300 g/mol. The van der Waals surface area contributed by atoms with Crippen LogP contribution in [0.5, 0.6) is 5.75 Å². The number of rotatable bonds is 4. The quantitative estimate of drug-likeness (QED) is 0.530. The number of hydrogen-bond acceptors (Lipinski definition) is 4. The number of ether oxygens (including phenoxy) is 1. The van der Waals surface area contributed by atoms with Crippen LogP contribution in [-0.2, 0) is 0 Å². The second-order valence-corrected chi connectivity index (χ2v) is 5.58. The number of nitrogens with zero attached hydrogens (tertiary/aromatic N) is 2. The Kier molecular flexibility index (Phi) is 3.71. The Labute approximate surface area is 139 Å². The Morgan fingerprint density at radius 3 is 2.42 bits per heavy atom. The highest BCUT2D eigenvalue weighted by Crippen LogP contribution is 2.26. The van der Waals surface area contributed by atoms with Crippen LogP contribution in [0.15, 0.2) is 77.2 Å². The predicted molar refractivity (Wildman–Crippen MR) is 92.7 cm³/mol. The summed E-state index contributed by atoms with van der Waals surface area (Å²) in [6.45, 7) is 1.90. The summed E-state index contributed by atoms with van der Waals surface area (Å²) in [4.78, 5) is 0. The van der Waals surface area contributed by atoms with Crippen LogP contribution in [0.25, 0.3) is 22.2 Å². The third kappa shape index (κ3) is 2.86. The molecule has 0 radical (unpaired) electrons. The molecule has 4 aromatic rings. The molecule has 1 aromatic heterocycles. The molecule has 0 N–H and O–H groups in total. The maximum absolute atomic E-state index is 5.96. The third-order valence-corrected chi connectivity index (χ3v) is 3.84. The molecule has 3 aromatic carbocycles. The number of benzene rings is 3. The van der Waals surface area contributed by atoms with Gasteiger partial charge in [0.25, 0.3) is 5.89 Å². The lowest BCUT2D eigenvalue weighted by Gasteiger charge is -2.11. The predicted octanol–water partition coefficient (Wildman–Crippen LogP) is 5.03. The molecule has 0 saturated heterocycles. The first kappa shape index (κ1) is 14.5. The molecule has 0 bridgehead atoms. The fourth-order valence-electron chi connectivity index (χ4n) is 2.59. The Morgan fingerprint density at radius 2 is 1.58 bits per heavy atom.